The van der Waals surface area contributed by atoms with Crippen LogP contribution in [0.3, 0.4) is 0 Å². The van der Waals surface area contributed by atoms with Gasteiger partial charge in [-0.05, 0) is 33.0 Å². The molecule has 0 amide bonds. The van der Waals surface area contributed by atoms with Crippen LogP contribution in [0.1, 0.15) is 26.3 Å². The third-order valence-corrected chi connectivity index (χ3v) is 3.21. The Morgan fingerprint density at radius 3 is 2.59 bits per heavy atom. The smallest absolute Gasteiger partial charge is 0.432 e. The van der Waals surface area contributed by atoms with E-state index >= 15 is 0 Å². The zero-order chi connectivity index (χ0) is 12.8. The van der Waals surface area contributed by atoms with E-state index in [1.807, 2.05) is 12.1 Å². The molecule has 0 spiro atoms. The largest absolute Gasteiger partial charge is 0.463 e. The summed E-state index contributed by atoms with van der Waals surface area (Å²) in [5.74, 6) is 0. The van der Waals surface area contributed by atoms with Crippen LogP contribution >= 0.6 is 15.9 Å². The van der Waals surface area contributed by atoms with E-state index < -0.39 is 6.09 Å². The van der Waals surface area contributed by atoms with Crippen molar-refractivity contribution in [2.24, 2.45) is 0 Å². The summed E-state index contributed by atoms with van der Waals surface area (Å²) in [6.07, 6.45) is -1.08. The lowest BCUT2D eigenvalue weighted by molar-refractivity contribution is 0.194. The average Bonchev–Trinajstić information content (AvgIpc) is 2.55. The SMILES string of the molecule is CC(C)(C)c1cccc2c1c(Br)nn2C(=O)O. The molecule has 1 heterocycles. The molecule has 1 aromatic heterocycles. The van der Waals surface area contributed by atoms with Gasteiger partial charge in [0, 0.05) is 5.39 Å². The van der Waals surface area contributed by atoms with E-state index in [0.717, 1.165) is 15.6 Å². The second kappa shape index (κ2) is 3.84. The molecule has 0 bridgehead atoms. The first-order valence-corrected chi connectivity index (χ1v) is 6.02. The first kappa shape index (κ1) is 12.1. The monoisotopic (exact) mass is 296 g/mol. The molecule has 2 aromatic rings. The lowest BCUT2D eigenvalue weighted by Crippen LogP contribution is -2.12. The van der Waals surface area contributed by atoms with Gasteiger partial charge in [0.25, 0.3) is 0 Å². The molecule has 5 heteroatoms. The maximum atomic E-state index is 11.1. The summed E-state index contributed by atoms with van der Waals surface area (Å²) in [7, 11) is 0. The maximum Gasteiger partial charge on any atom is 0.432 e. The summed E-state index contributed by atoms with van der Waals surface area (Å²) in [4.78, 5) is 11.1. The van der Waals surface area contributed by atoms with Crippen molar-refractivity contribution < 1.29 is 9.90 Å². The lowest BCUT2D eigenvalue weighted by atomic mass is 9.85. The Morgan fingerprint density at radius 1 is 1.41 bits per heavy atom. The second-order valence-electron chi connectivity index (χ2n) is 4.93. The van der Waals surface area contributed by atoms with Crippen molar-refractivity contribution in [1.29, 1.82) is 0 Å². The van der Waals surface area contributed by atoms with Crippen molar-refractivity contribution in [1.82, 2.24) is 9.78 Å². The summed E-state index contributed by atoms with van der Waals surface area (Å²) in [6.45, 7) is 6.27. The standard InChI is InChI=1S/C12H13BrN2O2/c1-12(2,3)7-5-4-6-8-9(7)10(13)14-15(8)11(16)17/h4-6H,1-3H3,(H,16,17). The second-order valence-corrected chi connectivity index (χ2v) is 5.69. The molecule has 0 atom stereocenters. The van der Waals surface area contributed by atoms with Crippen LogP contribution < -0.4 is 0 Å². The van der Waals surface area contributed by atoms with Crippen molar-refractivity contribution in [3.05, 3.63) is 28.4 Å². The number of carbonyl (C=O) groups is 1. The minimum atomic E-state index is -1.08. The highest BCUT2D eigenvalue weighted by molar-refractivity contribution is 9.10. The van der Waals surface area contributed by atoms with Gasteiger partial charge < -0.3 is 5.11 Å². The number of benzene rings is 1. The summed E-state index contributed by atoms with van der Waals surface area (Å²) < 4.78 is 1.56. The molecule has 1 aromatic carbocycles. The molecule has 4 nitrogen and oxygen atoms in total. The fraction of sp³-hybridized carbons (Fsp3) is 0.333. The van der Waals surface area contributed by atoms with Gasteiger partial charge in [-0.25, -0.2) is 4.79 Å². The zero-order valence-electron chi connectivity index (χ0n) is 9.86. The quantitative estimate of drug-likeness (QED) is 0.808. The van der Waals surface area contributed by atoms with E-state index in [0.29, 0.717) is 10.1 Å². The fourth-order valence-corrected chi connectivity index (χ4v) is 2.47. The Hall–Kier alpha value is -1.36. The Bertz CT molecular complexity index is 596. The summed E-state index contributed by atoms with van der Waals surface area (Å²) in [5, 5.41) is 13.9. The number of aromatic nitrogens is 2. The number of carboxylic acid groups (broad SMARTS) is 1. The number of hydrogen-bond donors (Lipinski definition) is 1. The zero-order valence-corrected chi connectivity index (χ0v) is 11.4. The molecule has 90 valence electrons. The van der Waals surface area contributed by atoms with Gasteiger partial charge >= 0.3 is 6.09 Å². The first-order valence-electron chi connectivity index (χ1n) is 5.23. The van der Waals surface area contributed by atoms with E-state index in [1.54, 1.807) is 6.07 Å². The third-order valence-electron chi connectivity index (χ3n) is 2.65. The van der Waals surface area contributed by atoms with Crippen LogP contribution in [0.4, 0.5) is 4.79 Å². The van der Waals surface area contributed by atoms with Gasteiger partial charge in [-0.15, -0.1) is 0 Å². The van der Waals surface area contributed by atoms with Gasteiger partial charge in [0.15, 0.2) is 0 Å². The molecule has 0 unspecified atom stereocenters. The first-order chi connectivity index (χ1) is 7.82. The lowest BCUT2D eigenvalue weighted by Gasteiger charge is -2.20. The van der Waals surface area contributed by atoms with Crippen molar-refractivity contribution in [2.75, 3.05) is 0 Å². The van der Waals surface area contributed by atoms with Gasteiger partial charge in [-0.3, -0.25) is 0 Å². The molecular formula is C12H13BrN2O2. The number of rotatable bonds is 0. The molecule has 0 aliphatic heterocycles. The number of halogens is 1. The van der Waals surface area contributed by atoms with Crippen LogP contribution in [0, 0.1) is 0 Å². The van der Waals surface area contributed by atoms with Gasteiger partial charge in [-0.2, -0.15) is 9.78 Å². The maximum absolute atomic E-state index is 11.1. The van der Waals surface area contributed by atoms with E-state index in [9.17, 15) is 4.79 Å². The van der Waals surface area contributed by atoms with E-state index in [1.165, 1.54) is 0 Å². The molecule has 0 saturated heterocycles. The summed E-state index contributed by atoms with van der Waals surface area (Å²) in [6, 6.07) is 5.62. The Balaban J connectivity index is 2.87. The molecule has 0 aliphatic carbocycles. The molecule has 1 N–H and O–H groups in total. The van der Waals surface area contributed by atoms with Crippen molar-refractivity contribution in [3.63, 3.8) is 0 Å². The Labute approximate surface area is 107 Å². The van der Waals surface area contributed by atoms with Gasteiger partial charge in [-0.1, -0.05) is 32.9 Å². The number of nitrogens with zero attached hydrogens (tertiary/aromatic N) is 2. The highest BCUT2D eigenvalue weighted by Gasteiger charge is 2.22. The van der Waals surface area contributed by atoms with Crippen molar-refractivity contribution >= 4 is 32.9 Å². The van der Waals surface area contributed by atoms with Crippen LogP contribution in [-0.2, 0) is 5.41 Å². The number of hydrogen-bond acceptors (Lipinski definition) is 2. The molecule has 0 aliphatic rings. The molecule has 2 rings (SSSR count). The van der Waals surface area contributed by atoms with Crippen molar-refractivity contribution in [3.8, 4) is 0 Å². The summed E-state index contributed by atoms with van der Waals surface area (Å²) >= 11 is 3.33. The Morgan fingerprint density at radius 2 is 2.06 bits per heavy atom. The topological polar surface area (TPSA) is 55.1 Å². The number of fused-ring (bicyclic) bond motifs is 1. The fourth-order valence-electron chi connectivity index (χ4n) is 1.90. The van der Waals surface area contributed by atoms with Gasteiger partial charge in [0.1, 0.15) is 4.60 Å². The van der Waals surface area contributed by atoms with Crippen LogP contribution in [0.2, 0.25) is 0 Å². The minimum Gasteiger partial charge on any atom is -0.463 e. The third kappa shape index (κ3) is 1.95. The average molecular weight is 297 g/mol. The summed E-state index contributed by atoms with van der Waals surface area (Å²) in [5.41, 5.74) is 1.63. The van der Waals surface area contributed by atoms with E-state index in [4.69, 9.17) is 5.11 Å². The van der Waals surface area contributed by atoms with Crippen LogP contribution in [0.25, 0.3) is 10.9 Å². The normalized spacial score (nSPS) is 12.0. The molecular weight excluding hydrogens is 284 g/mol. The van der Waals surface area contributed by atoms with Crippen molar-refractivity contribution in [2.45, 2.75) is 26.2 Å². The van der Waals surface area contributed by atoms with E-state index in [-0.39, 0.29) is 5.41 Å². The molecule has 0 radical (unpaired) electrons. The Kier molecular flexibility index (Phi) is 2.73. The highest BCUT2D eigenvalue weighted by atomic mass is 79.9. The van der Waals surface area contributed by atoms with Gasteiger partial charge in [0.2, 0.25) is 0 Å². The molecule has 0 saturated carbocycles. The van der Waals surface area contributed by atoms with Crippen LogP contribution in [0.5, 0.6) is 0 Å². The minimum absolute atomic E-state index is 0.0611. The van der Waals surface area contributed by atoms with E-state index in [2.05, 4.69) is 41.8 Å². The molecule has 17 heavy (non-hydrogen) atoms. The van der Waals surface area contributed by atoms with Crippen LogP contribution in [-0.4, -0.2) is 21.0 Å². The highest BCUT2D eigenvalue weighted by Crippen LogP contribution is 2.34. The van der Waals surface area contributed by atoms with Gasteiger partial charge in [0.05, 0.1) is 5.52 Å². The predicted molar refractivity (Wildman–Crippen MR) is 69.6 cm³/mol. The van der Waals surface area contributed by atoms with Crippen LogP contribution in [0.15, 0.2) is 22.8 Å². The molecule has 0 fully saturated rings. The predicted octanol–water partition coefficient (Wildman–Crippen LogP) is 3.62.